The molecule has 1 aliphatic rings. The van der Waals surface area contributed by atoms with Crippen molar-refractivity contribution in [2.24, 2.45) is 5.92 Å². The minimum absolute atomic E-state index is 0.0803. The summed E-state index contributed by atoms with van der Waals surface area (Å²) in [6, 6.07) is 0. The second kappa shape index (κ2) is 7.61. The van der Waals surface area contributed by atoms with Gasteiger partial charge >= 0.3 is 6.18 Å². The Kier molecular flexibility index (Phi) is 6.75. The summed E-state index contributed by atoms with van der Waals surface area (Å²) >= 11 is 0. The monoisotopic (exact) mass is 296 g/mol. The summed E-state index contributed by atoms with van der Waals surface area (Å²) in [5, 5.41) is 12.6. The zero-order valence-electron chi connectivity index (χ0n) is 12.5. The van der Waals surface area contributed by atoms with Crippen LogP contribution < -0.4 is 5.32 Å². The van der Waals surface area contributed by atoms with Crippen LogP contribution in [0.2, 0.25) is 0 Å². The van der Waals surface area contributed by atoms with Crippen LogP contribution >= 0.6 is 0 Å². The van der Waals surface area contributed by atoms with E-state index >= 15 is 0 Å². The van der Waals surface area contributed by atoms with Crippen LogP contribution in [0, 0.1) is 5.92 Å². The molecule has 0 saturated carbocycles. The number of alkyl halides is 3. The highest BCUT2D eigenvalue weighted by molar-refractivity contribution is 4.83. The van der Waals surface area contributed by atoms with Crippen molar-refractivity contribution in [1.29, 1.82) is 0 Å². The summed E-state index contributed by atoms with van der Waals surface area (Å²) in [7, 11) is 0. The average Bonchev–Trinajstić information content (AvgIpc) is 2.38. The van der Waals surface area contributed by atoms with Crippen LogP contribution in [0.15, 0.2) is 0 Å². The topological polar surface area (TPSA) is 35.5 Å². The molecule has 20 heavy (non-hydrogen) atoms. The zero-order valence-corrected chi connectivity index (χ0v) is 12.5. The molecule has 120 valence electrons. The van der Waals surface area contributed by atoms with Gasteiger partial charge in [-0.3, -0.25) is 0 Å². The molecule has 1 unspecified atom stereocenters. The lowest BCUT2D eigenvalue weighted by Crippen LogP contribution is -2.46. The third-order valence-corrected chi connectivity index (χ3v) is 4.21. The maximum absolute atomic E-state index is 12.6. The van der Waals surface area contributed by atoms with Gasteiger partial charge in [0.1, 0.15) is 0 Å². The van der Waals surface area contributed by atoms with E-state index in [0.717, 1.165) is 25.9 Å². The molecule has 1 atom stereocenters. The number of aliphatic hydroxyl groups is 1. The standard InChI is InChI=1S/C14H27F3N2O/c1-3-18-13(2,11-20)7-4-8-19-9-5-12(6-10-19)14(15,16)17/h12,18,20H,3-11H2,1-2H3. The van der Waals surface area contributed by atoms with Crippen molar-refractivity contribution in [3.63, 3.8) is 0 Å². The molecule has 3 nitrogen and oxygen atoms in total. The summed E-state index contributed by atoms with van der Waals surface area (Å²) < 4.78 is 37.7. The van der Waals surface area contributed by atoms with Gasteiger partial charge in [-0.2, -0.15) is 13.2 Å². The molecule has 1 heterocycles. The Morgan fingerprint density at radius 3 is 2.30 bits per heavy atom. The van der Waals surface area contributed by atoms with E-state index in [1.54, 1.807) is 0 Å². The highest BCUT2D eigenvalue weighted by Gasteiger charge is 2.40. The Labute approximate surface area is 119 Å². The molecule has 0 radical (unpaired) electrons. The maximum atomic E-state index is 12.6. The van der Waals surface area contributed by atoms with E-state index in [4.69, 9.17) is 0 Å². The van der Waals surface area contributed by atoms with Crippen molar-refractivity contribution >= 4 is 0 Å². The average molecular weight is 296 g/mol. The molecular weight excluding hydrogens is 269 g/mol. The van der Waals surface area contributed by atoms with Crippen molar-refractivity contribution in [3.8, 4) is 0 Å². The molecule has 0 spiro atoms. The second-order valence-corrected chi connectivity index (χ2v) is 6.01. The van der Waals surface area contributed by atoms with Crippen LogP contribution in [-0.2, 0) is 0 Å². The van der Waals surface area contributed by atoms with Gasteiger partial charge in [0.15, 0.2) is 0 Å². The third-order valence-electron chi connectivity index (χ3n) is 4.21. The zero-order chi connectivity index (χ0) is 15.2. The molecule has 1 aliphatic heterocycles. The number of aliphatic hydroxyl groups excluding tert-OH is 1. The molecule has 0 aliphatic carbocycles. The Morgan fingerprint density at radius 1 is 1.25 bits per heavy atom. The number of nitrogens with zero attached hydrogens (tertiary/aromatic N) is 1. The number of piperidine rings is 1. The number of rotatable bonds is 7. The van der Waals surface area contributed by atoms with E-state index in [-0.39, 0.29) is 25.0 Å². The molecule has 0 aromatic heterocycles. The molecule has 0 amide bonds. The first-order valence-electron chi connectivity index (χ1n) is 7.45. The number of likely N-dealkylation sites (tertiary alicyclic amines) is 1. The first-order valence-corrected chi connectivity index (χ1v) is 7.45. The van der Waals surface area contributed by atoms with Gasteiger partial charge in [-0.25, -0.2) is 0 Å². The quantitative estimate of drug-likeness (QED) is 0.757. The van der Waals surface area contributed by atoms with Crippen LogP contribution in [-0.4, -0.2) is 54.5 Å². The summed E-state index contributed by atoms with van der Waals surface area (Å²) in [6.45, 7) is 6.72. The van der Waals surface area contributed by atoms with Crippen LogP contribution in [0.3, 0.4) is 0 Å². The smallest absolute Gasteiger partial charge is 0.391 e. The SMILES string of the molecule is CCNC(C)(CO)CCCN1CCC(C(F)(F)F)CC1. The lowest BCUT2D eigenvalue weighted by Gasteiger charge is -2.34. The van der Waals surface area contributed by atoms with E-state index in [1.807, 2.05) is 13.8 Å². The molecule has 1 rings (SSSR count). The summed E-state index contributed by atoms with van der Waals surface area (Å²) in [5.41, 5.74) is -0.279. The predicted molar refractivity (Wildman–Crippen MR) is 73.6 cm³/mol. The van der Waals surface area contributed by atoms with Gasteiger partial charge < -0.3 is 15.3 Å². The van der Waals surface area contributed by atoms with E-state index in [2.05, 4.69) is 10.2 Å². The van der Waals surface area contributed by atoms with Crippen LogP contribution in [0.25, 0.3) is 0 Å². The molecular formula is C14H27F3N2O. The van der Waals surface area contributed by atoms with Gasteiger partial charge in [0.05, 0.1) is 12.5 Å². The normalized spacial score (nSPS) is 21.9. The van der Waals surface area contributed by atoms with E-state index in [9.17, 15) is 18.3 Å². The summed E-state index contributed by atoms with van der Waals surface area (Å²) in [5.74, 6) is -1.12. The fourth-order valence-electron chi connectivity index (χ4n) is 2.83. The molecule has 0 aromatic rings. The number of halogens is 3. The van der Waals surface area contributed by atoms with Gasteiger partial charge in [-0.15, -0.1) is 0 Å². The fourth-order valence-corrected chi connectivity index (χ4v) is 2.83. The molecule has 2 N–H and O–H groups in total. The van der Waals surface area contributed by atoms with Gasteiger partial charge in [-0.05, 0) is 58.8 Å². The fraction of sp³-hybridized carbons (Fsp3) is 1.00. The maximum Gasteiger partial charge on any atom is 0.391 e. The van der Waals surface area contributed by atoms with Crippen LogP contribution in [0.4, 0.5) is 13.2 Å². The van der Waals surface area contributed by atoms with Crippen molar-refractivity contribution in [2.75, 3.05) is 32.8 Å². The lowest BCUT2D eigenvalue weighted by atomic mass is 9.94. The summed E-state index contributed by atoms with van der Waals surface area (Å²) in [6.07, 6.45) is -1.88. The number of nitrogens with one attached hydrogen (secondary N) is 1. The number of likely N-dealkylation sites (N-methyl/N-ethyl adjacent to an activating group) is 1. The van der Waals surface area contributed by atoms with Crippen LogP contribution in [0.5, 0.6) is 0 Å². The molecule has 1 fully saturated rings. The van der Waals surface area contributed by atoms with Gasteiger partial charge in [-0.1, -0.05) is 6.92 Å². The van der Waals surface area contributed by atoms with Gasteiger partial charge in [0.2, 0.25) is 0 Å². The minimum atomic E-state index is -4.04. The van der Waals surface area contributed by atoms with Gasteiger partial charge in [0.25, 0.3) is 0 Å². The van der Waals surface area contributed by atoms with E-state index in [0.29, 0.717) is 13.1 Å². The Balaban J connectivity index is 2.25. The van der Waals surface area contributed by atoms with Gasteiger partial charge in [0, 0.05) is 5.54 Å². The van der Waals surface area contributed by atoms with Crippen molar-refractivity contribution in [2.45, 2.75) is 51.2 Å². The Morgan fingerprint density at radius 2 is 1.85 bits per heavy atom. The van der Waals surface area contributed by atoms with Crippen LogP contribution in [0.1, 0.15) is 39.5 Å². The molecule has 6 heteroatoms. The highest BCUT2D eigenvalue weighted by atomic mass is 19.4. The van der Waals surface area contributed by atoms with E-state index in [1.165, 1.54) is 0 Å². The first-order chi connectivity index (χ1) is 9.30. The number of hydrogen-bond donors (Lipinski definition) is 2. The van der Waals surface area contributed by atoms with Crippen molar-refractivity contribution in [1.82, 2.24) is 10.2 Å². The molecule has 0 bridgehead atoms. The van der Waals surface area contributed by atoms with Crippen molar-refractivity contribution in [3.05, 3.63) is 0 Å². The Bertz CT molecular complexity index is 278. The highest BCUT2D eigenvalue weighted by Crippen LogP contribution is 2.34. The second-order valence-electron chi connectivity index (χ2n) is 6.01. The number of hydrogen-bond acceptors (Lipinski definition) is 3. The Hall–Kier alpha value is -0.330. The minimum Gasteiger partial charge on any atom is -0.394 e. The predicted octanol–water partition coefficient (Wildman–Crippen LogP) is 2.40. The van der Waals surface area contributed by atoms with E-state index < -0.39 is 12.1 Å². The molecule has 1 saturated heterocycles. The lowest BCUT2D eigenvalue weighted by molar-refractivity contribution is -0.185. The first kappa shape index (κ1) is 17.7. The third kappa shape index (κ3) is 5.58. The summed E-state index contributed by atoms with van der Waals surface area (Å²) in [4.78, 5) is 2.10. The largest absolute Gasteiger partial charge is 0.394 e. The molecule has 0 aromatic carbocycles. The van der Waals surface area contributed by atoms with Crippen molar-refractivity contribution < 1.29 is 18.3 Å².